The molecule has 122 valence electrons. The minimum atomic E-state index is -0.439. The van der Waals surface area contributed by atoms with Crippen LogP contribution in [0.15, 0.2) is 36.7 Å². The average Bonchev–Trinajstić information content (AvgIpc) is 3.02. The third kappa shape index (κ3) is 3.44. The molecule has 0 atom stereocenters. The summed E-state index contributed by atoms with van der Waals surface area (Å²) in [5, 5.41) is 0. The number of imidazole rings is 1. The lowest BCUT2D eigenvalue weighted by Crippen LogP contribution is -2.39. The molecule has 0 spiro atoms. The minimum absolute atomic E-state index is 0.175. The molecule has 3 rings (SSSR count). The molecule has 0 radical (unpaired) electrons. The number of amides is 1. The number of piperidine rings is 1. The van der Waals surface area contributed by atoms with Gasteiger partial charge in [-0.15, -0.1) is 0 Å². The van der Waals surface area contributed by atoms with Crippen molar-refractivity contribution in [2.24, 2.45) is 5.92 Å². The molecule has 1 amide bonds. The number of hydrogen-bond donors (Lipinski definition) is 0. The minimum Gasteiger partial charge on any atom is -0.339 e. The topological polar surface area (TPSA) is 38.1 Å². The van der Waals surface area contributed by atoms with Crippen molar-refractivity contribution in [3.8, 4) is 0 Å². The summed E-state index contributed by atoms with van der Waals surface area (Å²) in [6, 6.07) is 6.21. The van der Waals surface area contributed by atoms with Crippen molar-refractivity contribution in [2.75, 3.05) is 13.1 Å². The van der Waals surface area contributed by atoms with Crippen molar-refractivity contribution >= 4 is 5.91 Å². The highest BCUT2D eigenvalue weighted by Gasteiger charge is 2.25. The number of carbonyl (C=O) groups is 1. The van der Waals surface area contributed by atoms with Gasteiger partial charge in [0.1, 0.15) is 11.6 Å². The van der Waals surface area contributed by atoms with E-state index in [1.165, 1.54) is 6.07 Å². The number of aromatic nitrogens is 2. The van der Waals surface area contributed by atoms with Crippen LogP contribution in [-0.2, 0) is 13.0 Å². The molecule has 4 nitrogen and oxygen atoms in total. The summed E-state index contributed by atoms with van der Waals surface area (Å²) in [6.07, 6.45) is 6.69. The number of benzene rings is 1. The van der Waals surface area contributed by atoms with Crippen molar-refractivity contribution in [2.45, 2.75) is 32.7 Å². The predicted octanol–water partition coefficient (Wildman–Crippen LogP) is 3.14. The SMILES string of the molecule is CCc1nccn1CC1CCN(C(=O)c2ccccc2F)CC1. The lowest BCUT2D eigenvalue weighted by Gasteiger charge is -2.32. The van der Waals surface area contributed by atoms with E-state index in [0.29, 0.717) is 19.0 Å². The Labute approximate surface area is 135 Å². The van der Waals surface area contributed by atoms with Crippen LogP contribution in [0.2, 0.25) is 0 Å². The highest BCUT2D eigenvalue weighted by Crippen LogP contribution is 2.22. The number of rotatable bonds is 4. The van der Waals surface area contributed by atoms with Crippen LogP contribution >= 0.6 is 0 Å². The third-order valence-corrected chi connectivity index (χ3v) is 4.58. The average molecular weight is 315 g/mol. The molecule has 0 saturated carbocycles. The molecule has 1 aromatic heterocycles. The van der Waals surface area contributed by atoms with Crippen LogP contribution in [0, 0.1) is 11.7 Å². The van der Waals surface area contributed by atoms with Crippen LogP contribution in [0.1, 0.15) is 35.9 Å². The zero-order valence-corrected chi connectivity index (χ0v) is 13.4. The molecule has 23 heavy (non-hydrogen) atoms. The van der Waals surface area contributed by atoms with Gasteiger partial charge < -0.3 is 9.47 Å². The molecule has 1 saturated heterocycles. The standard InChI is InChI=1S/C18H22FN3O/c1-2-17-20-9-12-22(17)13-14-7-10-21(11-8-14)18(23)15-5-3-4-6-16(15)19/h3-6,9,12,14H,2,7-8,10-11,13H2,1H3. The molecule has 1 aliphatic rings. The smallest absolute Gasteiger partial charge is 0.256 e. The van der Waals surface area contributed by atoms with E-state index in [-0.39, 0.29) is 11.5 Å². The Bertz CT molecular complexity index is 674. The molecule has 0 aliphatic carbocycles. The van der Waals surface area contributed by atoms with E-state index in [0.717, 1.165) is 31.6 Å². The summed E-state index contributed by atoms with van der Waals surface area (Å²) in [6.45, 7) is 4.43. The molecular formula is C18H22FN3O. The van der Waals surface area contributed by atoms with Crippen LogP contribution in [0.5, 0.6) is 0 Å². The maximum absolute atomic E-state index is 13.7. The monoisotopic (exact) mass is 315 g/mol. The van der Waals surface area contributed by atoms with E-state index in [1.54, 1.807) is 23.1 Å². The first-order valence-electron chi connectivity index (χ1n) is 8.23. The molecule has 1 aromatic carbocycles. The van der Waals surface area contributed by atoms with Crippen LogP contribution in [0.4, 0.5) is 4.39 Å². The number of aryl methyl sites for hydroxylation is 1. The summed E-state index contributed by atoms with van der Waals surface area (Å²) in [5.41, 5.74) is 0.175. The van der Waals surface area contributed by atoms with Crippen molar-refractivity contribution in [3.05, 3.63) is 53.9 Å². The predicted molar refractivity (Wildman–Crippen MR) is 86.6 cm³/mol. The molecule has 1 aliphatic heterocycles. The summed E-state index contributed by atoms with van der Waals surface area (Å²) in [4.78, 5) is 18.5. The fraction of sp³-hybridized carbons (Fsp3) is 0.444. The number of nitrogens with zero attached hydrogens (tertiary/aromatic N) is 3. The van der Waals surface area contributed by atoms with Crippen LogP contribution in [-0.4, -0.2) is 33.4 Å². The maximum Gasteiger partial charge on any atom is 0.256 e. The second-order valence-corrected chi connectivity index (χ2v) is 6.06. The number of likely N-dealkylation sites (tertiary alicyclic amines) is 1. The first-order chi connectivity index (χ1) is 11.2. The number of hydrogen-bond acceptors (Lipinski definition) is 2. The summed E-state index contributed by atoms with van der Waals surface area (Å²) in [7, 11) is 0. The van der Waals surface area contributed by atoms with Gasteiger partial charge >= 0.3 is 0 Å². The largest absolute Gasteiger partial charge is 0.339 e. The zero-order valence-electron chi connectivity index (χ0n) is 13.4. The molecule has 0 unspecified atom stereocenters. The van der Waals surface area contributed by atoms with Crippen molar-refractivity contribution in [1.82, 2.24) is 14.5 Å². The molecule has 1 fully saturated rings. The van der Waals surface area contributed by atoms with E-state index < -0.39 is 5.82 Å². The molecule has 2 heterocycles. The lowest BCUT2D eigenvalue weighted by atomic mass is 9.96. The van der Waals surface area contributed by atoms with Crippen LogP contribution in [0.25, 0.3) is 0 Å². The summed E-state index contributed by atoms with van der Waals surface area (Å²) < 4.78 is 16.0. The van der Waals surface area contributed by atoms with E-state index in [1.807, 2.05) is 12.4 Å². The maximum atomic E-state index is 13.7. The van der Waals surface area contributed by atoms with E-state index >= 15 is 0 Å². The summed E-state index contributed by atoms with van der Waals surface area (Å²) >= 11 is 0. The van der Waals surface area contributed by atoms with Crippen LogP contribution < -0.4 is 0 Å². The van der Waals surface area contributed by atoms with Crippen LogP contribution in [0.3, 0.4) is 0 Å². The molecule has 0 N–H and O–H groups in total. The number of carbonyl (C=O) groups excluding carboxylic acids is 1. The first kappa shape index (κ1) is 15.7. The van der Waals surface area contributed by atoms with Gasteiger partial charge in [0.25, 0.3) is 5.91 Å². The van der Waals surface area contributed by atoms with Crippen molar-refractivity contribution in [3.63, 3.8) is 0 Å². The summed E-state index contributed by atoms with van der Waals surface area (Å²) in [5.74, 6) is 1.01. The fourth-order valence-corrected chi connectivity index (χ4v) is 3.22. The van der Waals surface area contributed by atoms with Gasteiger partial charge in [0.05, 0.1) is 5.56 Å². The van der Waals surface area contributed by atoms with Crippen molar-refractivity contribution in [1.29, 1.82) is 0 Å². The Balaban J connectivity index is 1.58. The second kappa shape index (κ2) is 6.94. The lowest BCUT2D eigenvalue weighted by molar-refractivity contribution is 0.0678. The Kier molecular flexibility index (Phi) is 4.74. The highest BCUT2D eigenvalue weighted by atomic mass is 19.1. The van der Waals surface area contributed by atoms with Gasteiger partial charge in [0.2, 0.25) is 0 Å². The Morgan fingerprint density at radius 2 is 2.04 bits per heavy atom. The quantitative estimate of drug-likeness (QED) is 0.869. The molecule has 5 heteroatoms. The van der Waals surface area contributed by atoms with Gasteiger partial charge in [-0.05, 0) is 30.9 Å². The van der Waals surface area contributed by atoms with Gasteiger partial charge in [-0.3, -0.25) is 4.79 Å². The Morgan fingerprint density at radius 1 is 1.30 bits per heavy atom. The fourth-order valence-electron chi connectivity index (χ4n) is 3.22. The van der Waals surface area contributed by atoms with Gasteiger partial charge in [0.15, 0.2) is 0 Å². The first-order valence-corrected chi connectivity index (χ1v) is 8.23. The molecule has 0 bridgehead atoms. The zero-order chi connectivity index (χ0) is 16.2. The van der Waals surface area contributed by atoms with E-state index in [2.05, 4.69) is 16.5 Å². The highest BCUT2D eigenvalue weighted by molar-refractivity contribution is 5.94. The van der Waals surface area contributed by atoms with Gasteiger partial charge in [0, 0.05) is 38.4 Å². The normalized spacial score (nSPS) is 15.8. The molecule has 2 aromatic rings. The van der Waals surface area contributed by atoms with Gasteiger partial charge in [-0.1, -0.05) is 19.1 Å². The third-order valence-electron chi connectivity index (χ3n) is 4.58. The van der Waals surface area contributed by atoms with Crippen molar-refractivity contribution < 1.29 is 9.18 Å². The molecular weight excluding hydrogens is 293 g/mol. The van der Waals surface area contributed by atoms with E-state index in [9.17, 15) is 9.18 Å². The Hall–Kier alpha value is -2.17. The number of halogens is 1. The van der Waals surface area contributed by atoms with Gasteiger partial charge in [-0.25, -0.2) is 9.37 Å². The second-order valence-electron chi connectivity index (χ2n) is 6.06. The van der Waals surface area contributed by atoms with Gasteiger partial charge in [-0.2, -0.15) is 0 Å². The van der Waals surface area contributed by atoms with E-state index in [4.69, 9.17) is 0 Å². The Morgan fingerprint density at radius 3 is 2.74 bits per heavy atom.